The number of nitrogens with zero attached hydrogens (tertiary/aromatic N) is 4. The number of fused-ring (bicyclic) bond motifs is 1. The Balaban J connectivity index is 2.30. The fourth-order valence-corrected chi connectivity index (χ4v) is 1.67. The highest BCUT2D eigenvalue weighted by Gasteiger charge is 2.31. The van der Waals surface area contributed by atoms with Gasteiger partial charge in [0, 0.05) is 20.3 Å². The van der Waals surface area contributed by atoms with Crippen LogP contribution in [0.3, 0.4) is 0 Å². The molecule has 2 aromatic heterocycles. The van der Waals surface area contributed by atoms with E-state index in [1.165, 1.54) is 10.5 Å². The largest absolute Gasteiger partial charge is 0.417 e. The molecule has 2 rings (SSSR count). The highest BCUT2D eigenvalue weighted by Crippen LogP contribution is 2.29. The number of guanidine groups is 1. The van der Waals surface area contributed by atoms with Crippen LogP contribution in [-0.2, 0) is 12.7 Å². The van der Waals surface area contributed by atoms with E-state index in [0.29, 0.717) is 17.4 Å². The predicted molar refractivity (Wildman–Crippen MR) is 67.2 cm³/mol. The Hall–Kier alpha value is -2.32. The molecule has 6 nitrogen and oxygen atoms in total. The molecular formula is C11H13F3N6. The summed E-state index contributed by atoms with van der Waals surface area (Å²) in [6, 6.07) is 2.26. The summed E-state index contributed by atoms with van der Waals surface area (Å²) in [5.41, 5.74) is -0.390. The Morgan fingerprint density at radius 2 is 2.10 bits per heavy atom. The second-order valence-electron chi connectivity index (χ2n) is 3.94. The zero-order valence-corrected chi connectivity index (χ0v) is 10.9. The SMILES string of the molecule is CN=C(NC)NCc1nnc2ccc(C(F)(F)F)cn12. The van der Waals surface area contributed by atoms with Gasteiger partial charge in [-0.1, -0.05) is 0 Å². The van der Waals surface area contributed by atoms with Crippen molar-refractivity contribution in [2.24, 2.45) is 4.99 Å². The monoisotopic (exact) mass is 286 g/mol. The van der Waals surface area contributed by atoms with E-state index in [9.17, 15) is 13.2 Å². The topological polar surface area (TPSA) is 66.6 Å². The highest BCUT2D eigenvalue weighted by molar-refractivity contribution is 5.79. The van der Waals surface area contributed by atoms with E-state index < -0.39 is 11.7 Å². The molecule has 0 aliphatic rings. The molecule has 2 N–H and O–H groups in total. The summed E-state index contributed by atoms with van der Waals surface area (Å²) in [7, 11) is 3.27. The van der Waals surface area contributed by atoms with Gasteiger partial charge >= 0.3 is 6.18 Å². The molecule has 0 radical (unpaired) electrons. The van der Waals surface area contributed by atoms with Gasteiger partial charge in [0.05, 0.1) is 12.1 Å². The van der Waals surface area contributed by atoms with Crippen LogP contribution in [0.1, 0.15) is 11.4 Å². The van der Waals surface area contributed by atoms with Crippen LogP contribution in [0, 0.1) is 0 Å². The summed E-state index contributed by atoms with van der Waals surface area (Å²) in [5.74, 6) is 0.872. The van der Waals surface area contributed by atoms with E-state index in [-0.39, 0.29) is 6.54 Å². The van der Waals surface area contributed by atoms with Gasteiger partial charge in [0.2, 0.25) is 0 Å². The van der Waals surface area contributed by atoms with Crippen LogP contribution in [0.4, 0.5) is 13.2 Å². The number of hydrogen-bond acceptors (Lipinski definition) is 3. The number of aliphatic imine (C=N–C) groups is 1. The molecule has 2 aromatic rings. The Morgan fingerprint density at radius 1 is 1.35 bits per heavy atom. The van der Waals surface area contributed by atoms with E-state index in [1.54, 1.807) is 14.1 Å². The molecule has 0 aliphatic heterocycles. The molecule has 0 spiro atoms. The lowest BCUT2D eigenvalue weighted by Gasteiger charge is -2.09. The van der Waals surface area contributed by atoms with E-state index in [1.807, 2.05) is 0 Å². The first-order chi connectivity index (χ1) is 9.45. The van der Waals surface area contributed by atoms with Crippen LogP contribution in [0.25, 0.3) is 5.65 Å². The summed E-state index contributed by atoms with van der Waals surface area (Å²) >= 11 is 0. The lowest BCUT2D eigenvalue weighted by molar-refractivity contribution is -0.137. The number of pyridine rings is 1. The van der Waals surface area contributed by atoms with Crippen molar-refractivity contribution in [3.05, 3.63) is 29.7 Å². The first-order valence-corrected chi connectivity index (χ1v) is 5.75. The molecule has 0 atom stereocenters. The van der Waals surface area contributed by atoms with Crippen molar-refractivity contribution >= 4 is 11.6 Å². The molecule has 0 amide bonds. The smallest absolute Gasteiger partial charge is 0.359 e. The third-order valence-corrected chi connectivity index (χ3v) is 2.67. The summed E-state index contributed by atoms with van der Waals surface area (Å²) in [6.45, 7) is 0.204. The number of rotatable bonds is 2. The molecule has 0 fully saturated rings. The van der Waals surface area contributed by atoms with Gasteiger partial charge < -0.3 is 10.6 Å². The fourth-order valence-electron chi connectivity index (χ4n) is 1.67. The zero-order valence-electron chi connectivity index (χ0n) is 10.9. The minimum absolute atomic E-state index is 0.204. The second-order valence-corrected chi connectivity index (χ2v) is 3.94. The summed E-state index contributed by atoms with van der Waals surface area (Å²) in [5, 5.41) is 13.4. The highest BCUT2D eigenvalue weighted by atomic mass is 19.4. The van der Waals surface area contributed by atoms with E-state index in [4.69, 9.17) is 0 Å². The van der Waals surface area contributed by atoms with Gasteiger partial charge in [-0.3, -0.25) is 9.39 Å². The van der Waals surface area contributed by atoms with Crippen molar-refractivity contribution in [3.63, 3.8) is 0 Å². The summed E-state index contributed by atoms with van der Waals surface area (Å²) in [4.78, 5) is 3.90. The fraction of sp³-hybridized carbons (Fsp3) is 0.364. The van der Waals surface area contributed by atoms with Gasteiger partial charge in [0.15, 0.2) is 17.4 Å². The van der Waals surface area contributed by atoms with E-state index in [2.05, 4.69) is 25.8 Å². The van der Waals surface area contributed by atoms with Gasteiger partial charge in [-0.25, -0.2) is 0 Å². The second kappa shape index (κ2) is 5.35. The molecular weight excluding hydrogens is 273 g/mol. The lowest BCUT2D eigenvalue weighted by Crippen LogP contribution is -2.34. The van der Waals surface area contributed by atoms with Crippen molar-refractivity contribution in [2.75, 3.05) is 14.1 Å². The molecule has 108 valence electrons. The maximum Gasteiger partial charge on any atom is 0.417 e. The molecule has 0 bridgehead atoms. The Kier molecular flexibility index (Phi) is 3.77. The van der Waals surface area contributed by atoms with Crippen LogP contribution >= 0.6 is 0 Å². The number of aromatic nitrogens is 3. The Labute approximate surface area is 112 Å². The molecule has 0 aliphatic carbocycles. The van der Waals surface area contributed by atoms with Crippen molar-refractivity contribution in [2.45, 2.75) is 12.7 Å². The van der Waals surface area contributed by atoms with Gasteiger partial charge in [0.25, 0.3) is 0 Å². The number of nitrogens with one attached hydrogen (secondary N) is 2. The van der Waals surface area contributed by atoms with Crippen LogP contribution in [0.5, 0.6) is 0 Å². The number of hydrogen-bond donors (Lipinski definition) is 2. The molecule has 9 heteroatoms. The third kappa shape index (κ3) is 2.81. The van der Waals surface area contributed by atoms with Crippen molar-refractivity contribution in [1.29, 1.82) is 0 Å². The maximum atomic E-state index is 12.7. The zero-order chi connectivity index (χ0) is 14.8. The quantitative estimate of drug-likeness (QED) is 0.639. The first kappa shape index (κ1) is 14.1. The summed E-state index contributed by atoms with van der Waals surface area (Å²) in [6.07, 6.45) is -3.42. The van der Waals surface area contributed by atoms with Crippen molar-refractivity contribution in [3.8, 4) is 0 Å². The Bertz CT molecular complexity index is 631. The molecule has 0 aromatic carbocycles. The first-order valence-electron chi connectivity index (χ1n) is 5.75. The minimum atomic E-state index is -4.40. The number of alkyl halides is 3. The normalized spacial score (nSPS) is 12.8. The predicted octanol–water partition coefficient (Wildman–Crippen LogP) is 1.04. The standard InChI is InChI=1S/C11H13F3N6/c1-15-10(16-2)17-5-9-19-18-8-4-3-7(6-20(8)9)11(12,13)14/h3-4,6H,5H2,1-2H3,(H2,15,16,17). The van der Waals surface area contributed by atoms with Crippen LogP contribution in [0.15, 0.2) is 23.3 Å². The third-order valence-electron chi connectivity index (χ3n) is 2.67. The minimum Gasteiger partial charge on any atom is -0.359 e. The maximum absolute atomic E-state index is 12.7. The van der Waals surface area contributed by atoms with Gasteiger partial charge in [-0.05, 0) is 12.1 Å². The Morgan fingerprint density at radius 3 is 2.70 bits per heavy atom. The van der Waals surface area contributed by atoms with E-state index in [0.717, 1.165) is 12.3 Å². The van der Waals surface area contributed by atoms with Crippen LogP contribution < -0.4 is 10.6 Å². The van der Waals surface area contributed by atoms with Crippen molar-refractivity contribution in [1.82, 2.24) is 25.2 Å². The molecule has 20 heavy (non-hydrogen) atoms. The van der Waals surface area contributed by atoms with Gasteiger partial charge in [0.1, 0.15) is 0 Å². The number of halogens is 3. The van der Waals surface area contributed by atoms with Gasteiger partial charge in [-0.15, -0.1) is 10.2 Å². The van der Waals surface area contributed by atoms with Crippen LogP contribution in [-0.4, -0.2) is 34.7 Å². The molecule has 0 unspecified atom stereocenters. The summed E-state index contributed by atoms with van der Waals surface area (Å²) < 4.78 is 39.3. The van der Waals surface area contributed by atoms with Crippen molar-refractivity contribution < 1.29 is 13.2 Å². The average molecular weight is 286 g/mol. The van der Waals surface area contributed by atoms with E-state index >= 15 is 0 Å². The molecule has 0 saturated heterocycles. The molecule has 2 heterocycles. The van der Waals surface area contributed by atoms with Gasteiger partial charge in [-0.2, -0.15) is 13.2 Å². The lowest BCUT2D eigenvalue weighted by atomic mass is 10.3. The average Bonchev–Trinajstić information content (AvgIpc) is 2.81. The molecule has 0 saturated carbocycles. The van der Waals surface area contributed by atoms with Crippen LogP contribution in [0.2, 0.25) is 0 Å².